The number of oxazole rings is 1. The zero-order valence-electron chi connectivity index (χ0n) is 14.6. The summed E-state index contributed by atoms with van der Waals surface area (Å²) in [5.41, 5.74) is 3.83. The number of nitrogens with one attached hydrogen (secondary N) is 1. The van der Waals surface area contributed by atoms with Crippen LogP contribution in [0.4, 0.5) is 5.69 Å². The zero-order chi connectivity index (χ0) is 18.4. The molecular weight excluding hydrogens is 340 g/mol. The fourth-order valence-electron chi connectivity index (χ4n) is 2.91. The van der Waals surface area contributed by atoms with Gasteiger partial charge in [-0.3, -0.25) is 9.29 Å². The van der Waals surface area contributed by atoms with Gasteiger partial charge in [0, 0.05) is 12.6 Å². The predicted molar refractivity (Wildman–Crippen MR) is 97.6 cm³/mol. The van der Waals surface area contributed by atoms with Gasteiger partial charge in [0.05, 0.1) is 16.1 Å². The van der Waals surface area contributed by atoms with E-state index in [-0.39, 0.29) is 10.5 Å². The molecule has 1 N–H and O–H groups in total. The van der Waals surface area contributed by atoms with Crippen LogP contribution in [-0.4, -0.2) is 13.0 Å². The third-order valence-corrected chi connectivity index (χ3v) is 5.70. The molecule has 0 spiro atoms. The molecule has 0 bridgehead atoms. The predicted octanol–water partition coefficient (Wildman–Crippen LogP) is 3.34. The molecule has 25 heavy (non-hydrogen) atoms. The van der Waals surface area contributed by atoms with Crippen LogP contribution in [0.15, 0.2) is 44.4 Å². The third-order valence-electron chi connectivity index (χ3n) is 4.20. The van der Waals surface area contributed by atoms with E-state index in [0.29, 0.717) is 23.3 Å². The second kappa shape index (κ2) is 6.07. The van der Waals surface area contributed by atoms with Crippen molar-refractivity contribution in [2.45, 2.75) is 39.1 Å². The van der Waals surface area contributed by atoms with Gasteiger partial charge < -0.3 is 4.42 Å². The van der Waals surface area contributed by atoms with Gasteiger partial charge in [0.15, 0.2) is 5.58 Å². The van der Waals surface area contributed by atoms with Crippen LogP contribution in [0.3, 0.4) is 0 Å². The number of hydrogen-bond acceptors (Lipinski definition) is 4. The minimum atomic E-state index is -3.80. The van der Waals surface area contributed by atoms with Gasteiger partial charge in [-0.25, -0.2) is 13.2 Å². The Labute approximate surface area is 146 Å². The molecule has 0 saturated heterocycles. The molecule has 3 rings (SSSR count). The number of aryl methyl sites for hydroxylation is 4. The molecule has 1 heterocycles. The largest absolute Gasteiger partial charge is 0.419 e. The van der Waals surface area contributed by atoms with Crippen LogP contribution >= 0.6 is 0 Å². The molecular formula is C18H20N2O4S. The van der Waals surface area contributed by atoms with Crippen molar-refractivity contribution >= 4 is 26.8 Å². The lowest BCUT2D eigenvalue weighted by atomic mass is 10.1. The van der Waals surface area contributed by atoms with Crippen molar-refractivity contribution in [2.75, 3.05) is 4.72 Å². The van der Waals surface area contributed by atoms with Gasteiger partial charge in [0.25, 0.3) is 10.0 Å². The summed E-state index contributed by atoms with van der Waals surface area (Å²) in [6.45, 7) is 7.79. The summed E-state index contributed by atoms with van der Waals surface area (Å²) in [4.78, 5) is 11.9. The summed E-state index contributed by atoms with van der Waals surface area (Å²) in [5, 5.41) is 0. The van der Waals surface area contributed by atoms with E-state index in [0.717, 1.165) is 11.1 Å². The van der Waals surface area contributed by atoms with E-state index in [4.69, 9.17) is 4.42 Å². The van der Waals surface area contributed by atoms with Crippen molar-refractivity contribution in [3.05, 3.63) is 57.6 Å². The highest BCUT2D eigenvalue weighted by Gasteiger charge is 2.21. The van der Waals surface area contributed by atoms with Gasteiger partial charge >= 0.3 is 5.76 Å². The maximum Gasteiger partial charge on any atom is 0.419 e. The first-order valence-corrected chi connectivity index (χ1v) is 9.45. The molecule has 1 aromatic heterocycles. The van der Waals surface area contributed by atoms with Crippen molar-refractivity contribution in [1.82, 2.24) is 4.57 Å². The van der Waals surface area contributed by atoms with Crippen molar-refractivity contribution < 1.29 is 12.8 Å². The van der Waals surface area contributed by atoms with Gasteiger partial charge in [-0.2, -0.15) is 0 Å². The summed E-state index contributed by atoms with van der Waals surface area (Å²) in [7, 11) is -3.80. The Morgan fingerprint density at radius 3 is 2.44 bits per heavy atom. The topological polar surface area (TPSA) is 81.3 Å². The fraction of sp³-hybridized carbons (Fsp3) is 0.278. The Bertz CT molecular complexity index is 1120. The van der Waals surface area contributed by atoms with Crippen LogP contribution in [0.5, 0.6) is 0 Å². The molecule has 0 fully saturated rings. The lowest BCUT2D eigenvalue weighted by Crippen LogP contribution is -2.15. The molecule has 0 saturated carbocycles. The third kappa shape index (κ3) is 3.07. The molecule has 132 valence electrons. The molecule has 3 aromatic rings. The van der Waals surface area contributed by atoms with Gasteiger partial charge in [0.1, 0.15) is 0 Å². The van der Waals surface area contributed by atoms with Crippen LogP contribution < -0.4 is 10.5 Å². The van der Waals surface area contributed by atoms with Gasteiger partial charge in [-0.1, -0.05) is 17.7 Å². The van der Waals surface area contributed by atoms with E-state index < -0.39 is 15.8 Å². The van der Waals surface area contributed by atoms with Crippen molar-refractivity contribution in [2.24, 2.45) is 0 Å². The van der Waals surface area contributed by atoms with E-state index in [9.17, 15) is 13.2 Å². The standard InChI is InChI=1S/C18H20N2O4S/c1-5-20-15-9-13(4)17(10-16(15)24-18(20)21)25(22,23)19-14-7-6-11(2)8-12(14)3/h6-10,19H,5H2,1-4H3. The van der Waals surface area contributed by atoms with E-state index in [2.05, 4.69) is 4.72 Å². The highest BCUT2D eigenvalue weighted by atomic mass is 32.2. The number of benzene rings is 2. The number of rotatable bonds is 4. The number of nitrogens with zero attached hydrogens (tertiary/aromatic N) is 1. The molecule has 0 aliphatic carbocycles. The normalized spacial score (nSPS) is 11.8. The second-order valence-electron chi connectivity index (χ2n) is 6.12. The minimum Gasteiger partial charge on any atom is -0.408 e. The average molecular weight is 360 g/mol. The zero-order valence-corrected chi connectivity index (χ0v) is 15.4. The van der Waals surface area contributed by atoms with E-state index in [1.165, 1.54) is 10.6 Å². The maximum absolute atomic E-state index is 12.8. The molecule has 0 aliphatic rings. The summed E-state index contributed by atoms with van der Waals surface area (Å²) in [6, 6.07) is 8.57. The summed E-state index contributed by atoms with van der Waals surface area (Å²) in [6.07, 6.45) is 0. The number of hydrogen-bond donors (Lipinski definition) is 1. The maximum atomic E-state index is 12.8. The number of sulfonamides is 1. The number of aromatic nitrogens is 1. The summed E-state index contributed by atoms with van der Waals surface area (Å²) in [5.74, 6) is -0.492. The molecule has 0 atom stereocenters. The molecule has 0 amide bonds. The van der Waals surface area contributed by atoms with Crippen LogP contribution in [0.2, 0.25) is 0 Å². The highest BCUT2D eigenvalue weighted by molar-refractivity contribution is 7.92. The Hall–Kier alpha value is -2.54. The molecule has 7 heteroatoms. The average Bonchev–Trinajstić information content (AvgIpc) is 2.83. The fourth-order valence-corrected chi connectivity index (χ4v) is 4.28. The SMILES string of the molecule is CCn1c(=O)oc2cc(S(=O)(=O)Nc3ccc(C)cc3C)c(C)cc21. The monoisotopic (exact) mass is 360 g/mol. The summed E-state index contributed by atoms with van der Waals surface area (Å²) < 4.78 is 34.9. The summed E-state index contributed by atoms with van der Waals surface area (Å²) >= 11 is 0. The van der Waals surface area contributed by atoms with Crippen LogP contribution in [-0.2, 0) is 16.6 Å². The Morgan fingerprint density at radius 2 is 1.80 bits per heavy atom. The van der Waals surface area contributed by atoms with Gasteiger partial charge in [0.2, 0.25) is 0 Å². The van der Waals surface area contributed by atoms with Gasteiger partial charge in [-0.05, 0) is 51.0 Å². The lowest BCUT2D eigenvalue weighted by molar-refractivity contribution is 0.512. The van der Waals surface area contributed by atoms with E-state index >= 15 is 0 Å². The van der Waals surface area contributed by atoms with Crippen LogP contribution in [0.1, 0.15) is 23.6 Å². The van der Waals surface area contributed by atoms with Crippen LogP contribution in [0, 0.1) is 20.8 Å². The first-order chi connectivity index (χ1) is 11.7. The molecule has 0 unspecified atom stereocenters. The second-order valence-corrected chi connectivity index (χ2v) is 7.77. The molecule has 0 radical (unpaired) electrons. The Kier molecular flexibility index (Phi) is 4.20. The molecule has 0 aliphatic heterocycles. The van der Waals surface area contributed by atoms with Gasteiger partial charge in [-0.15, -0.1) is 0 Å². The molecule has 2 aromatic carbocycles. The lowest BCUT2D eigenvalue weighted by Gasteiger charge is -2.13. The Morgan fingerprint density at radius 1 is 1.08 bits per heavy atom. The van der Waals surface area contributed by atoms with Crippen molar-refractivity contribution in [3.63, 3.8) is 0 Å². The number of fused-ring (bicyclic) bond motifs is 1. The highest BCUT2D eigenvalue weighted by Crippen LogP contribution is 2.26. The van der Waals surface area contributed by atoms with Crippen molar-refractivity contribution in [3.8, 4) is 0 Å². The first-order valence-electron chi connectivity index (χ1n) is 7.97. The Balaban J connectivity index is 2.11. The van der Waals surface area contributed by atoms with E-state index in [1.54, 1.807) is 19.1 Å². The van der Waals surface area contributed by atoms with Crippen molar-refractivity contribution in [1.29, 1.82) is 0 Å². The number of anilines is 1. The minimum absolute atomic E-state index is 0.0944. The smallest absolute Gasteiger partial charge is 0.408 e. The molecule has 6 nitrogen and oxygen atoms in total. The van der Waals surface area contributed by atoms with E-state index in [1.807, 2.05) is 32.9 Å². The first kappa shape index (κ1) is 17.3. The quantitative estimate of drug-likeness (QED) is 0.774. The van der Waals surface area contributed by atoms with Crippen LogP contribution in [0.25, 0.3) is 11.1 Å².